The minimum absolute atomic E-state index is 0.165. The Morgan fingerprint density at radius 1 is 1.05 bits per heavy atom. The van der Waals surface area contributed by atoms with Crippen LogP contribution in [0.15, 0.2) is 42.5 Å². The average Bonchev–Trinajstić information content (AvgIpc) is 3.53. The summed E-state index contributed by atoms with van der Waals surface area (Å²) in [5.74, 6) is 6.42. The molecule has 1 amide bonds. The molecule has 0 saturated carbocycles. The molecule has 6 rings (SSSR count). The van der Waals surface area contributed by atoms with Crippen molar-refractivity contribution in [1.29, 1.82) is 0 Å². The topological polar surface area (TPSA) is 108 Å². The summed E-state index contributed by atoms with van der Waals surface area (Å²) in [6.45, 7) is 3.57. The molecule has 3 aliphatic heterocycles. The molecular weight excluding hydrogens is 621 g/mol. The van der Waals surface area contributed by atoms with Gasteiger partial charge in [0, 0.05) is 65.6 Å². The molecule has 0 radical (unpaired) electrons. The maximum absolute atomic E-state index is 12.5. The van der Waals surface area contributed by atoms with Crippen LogP contribution in [-0.4, -0.2) is 83.5 Å². The summed E-state index contributed by atoms with van der Waals surface area (Å²) < 4.78 is 28.3. The number of likely N-dealkylation sites (tertiary alicyclic amines) is 1. The standard InChI is InChI=1S/C32H35Cl2N5O4S/c1-44(42,43)38-15-10-29-27(21-38)30(24-6-9-28(34)23(18-24)5-2-22-3-7-25(33)8-4-22)36-39(29)20-26(40)19-37-16-12-32(13-17-37)11-14-35-31(32)41/h3-4,6-9,18,26,40H,10-17,19-21H2,1H3,(H,35,41). The van der Waals surface area contributed by atoms with Gasteiger partial charge in [-0.3, -0.25) is 9.48 Å². The molecule has 0 aliphatic carbocycles. The lowest BCUT2D eigenvalue weighted by Crippen LogP contribution is -2.46. The van der Waals surface area contributed by atoms with Crippen LogP contribution in [0.5, 0.6) is 0 Å². The van der Waals surface area contributed by atoms with Gasteiger partial charge in [0.2, 0.25) is 15.9 Å². The molecule has 2 N–H and O–H groups in total. The molecule has 0 bridgehead atoms. The van der Waals surface area contributed by atoms with Crippen LogP contribution in [0.25, 0.3) is 11.3 Å². The predicted molar refractivity (Wildman–Crippen MR) is 171 cm³/mol. The summed E-state index contributed by atoms with van der Waals surface area (Å²) >= 11 is 12.5. The van der Waals surface area contributed by atoms with Crippen LogP contribution in [0.2, 0.25) is 10.0 Å². The van der Waals surface area contributed by atoms with Crippen molar-refractivity contribution < 1.29 is 18.3 Å². The van der Waals surface area contributed by atoms with Crippen LogP contribution >= 0.6 is 23.2 Å². The molecule has 1 atom stereocenters. The molecule has 1 unspecified atom stereocenters. The van der Waals surface area contributed by atoms with Gasteiger partial charge in [-0.15, -0.1) is 0 Å². The maximum Gasteiger partial charge on any atom is 0.226 e. The largest absolute Gasteiger partial charge is 0.390 e. The SMILES string of the molecule is CS(=O)(=O)N1CCc2c(c(-c3ccc(Cl)c(C#Cc4ccc(Cl)cc4)c3)nn2CC(O)CN2CCC3(CCNC3=O)CC2)C1. The zero-order chi connectivity index (χ0) is 31.1. The Bertz CT molecular complexity index is 1740. The lowest BCUT2D eigenvalue weighted by atomic mass is 9.77. The highest BCUT2D eigenvalue weighted by Crippen LogP contribution is 2.38. The molecule has 2 fully saturated rings. The van der Waals surface area contributed by atoms with Gasteiger partial charge in [-0.25, -0.2) is 8.42 Å². The van der Waals surface area contributed by atoms with E-state index in [1.165, 1.54) is 10.6 Å². The van der Waals surface area contributed by atoms with Crippen molar-refractivity contribution in [1.82, 2.24) is 24.3 Å². The first-order chi connectivity index (χ1) is 21.0. The number of piperidine rings is 1. The Hall–Kier alpha value is -2.91. The van der Waals surface area contributed by atoms with E-state index in [1.807, 2.05) is 28.9 Å². The number of hydrogen-bond acceptors (Lipinski definition) is 6. The molecule has 44 heavy (non-hydrogen) atoms. The number of amides is 1. The summed E-state index contributed by atoms with van der Waals surface area (Å²) in [5, 5.41) is 20.2. The zero-order valence-electron chi connectivity index (χ0n) is 24.5. The van der Waals surface area contributed by atoms with Crippen molar-refractivity contribution in [2.75, 3.05) is 39.0 Å². The summed E-state index contributed by atoms with van der Waals surface area (Å²) in [6, 6.07) is 12.7. The van der Waals surface area contributed by atoms with Gasteiger partial charge >= 0.3 is 0 Å². The second-order valence-corrected chi connectivity index (χ2v) is 14.8. The number of aliphatic hydroxyl groups excluding tert-OH is 1. The zero-order valence-corrected chi connectivity index (χ0v) is 26.9. The van der Waals surface area contributed by atoms with Crippen LogP contribution in [-0.2, 0) is 34.3 Å². The van der Waals surface area contributed by atoms with Gasteiger partial charge < -0.3 is 15.3 Å². The number of β-amino-alcohol motifs (C(OH)–C–C–N with tert-alkyl or cyclic N) is 1. The minimum atomic E-state index is -3.41. The summed E-state index contributed by atoms with van der Waals surface area (Å²) in [7, 11) is -3.41. The number of hydrogen-bond donors (Lipinski definition) is 2. The van der Waals surface area contributed by atoms with Crippen molar-refractivity contribution in [3.8, 4) is 23.1 Å². The van der Waals surface area contributed by atoms with Crippen LogP contribution < -0.4 is 5.32 Å². The molecule has 2 saturated heterocycles. The van der Waals surface area contributed by atoms with Crippen LogP contribution in [0.3, 0.4) is 0 Å². The molecule has 12 heteroatoms. The van der Waals surface area contributed by atoms with Gasteiger partial charge in [0.25, 0.3) is 0 Å². The molecule has 3 aliphatic rings. The molecule has 1 spiro atoms. The van der Waals surface area contributed by atoms with Crippen molar-refractivity contribution in [3.05, 3.63) is 74.9 Å². The quantitative estimate of drug-likeness (QED) is 0.394. The molecule has 2 aromatic carbocycles. The number of benzene rings is 2. The smallest absolute Gasteiger partial charge is 0.226 e. The van der Waals surface area contributed by atoms with E-state index in [-0.39, 0.29) is 24.4 Å². The lowest BCUT2D eigenvalue weighted by Gasteiger charge is -2.38. The highest BCUT2D eigenvalue weighted by atomic mass is 35.5. The Balaban J connectivity index is 1.25. The van der Waals surface area contributed by atoms with Gasteiger partial charge in [-0.05, 0) is 68.8 Å². The second-order valence-electron chi connectivity index (χ2n) is 12.0. The van der Waals surface area contributed by atoms with Crippen LogP contribution in [0.1, 0.15) is 41.6 Å². The van der Waals surface area contributed by atoms with Gasteiger partial charge in [0.05, 0.1) is 35.0 Å². The third kappa shape index (κ3) is 6.54. The minimum Gasteiger partial charge on any atom is -0.390 e. The normalized spacial score (nSPS) is 19.3. The summed E-state index contributed by atoms with van der Waals surface area (Å²) in [6.07, 6.45) is 3.50. The number of sulfonamides is 1. The number of halogens is 2. The van der Waals surface area contributed by atoms with Gasteiger partial charge in [-0.2, -0.15) is 9.40 Å². The first kappa shape index (κ1) is 31.1. The van der Waals surface area contributed by atoms with Crippen molar-refractivity contribution in [3.63, 3.8) is 0 Å². The number of carbonyl (C=O) groups excluding carboxylic acids is 1. The Morgan fingerprint density at radius 3 is 2.48 bits per heavy atom. The third-order valence-corrected chi connectivity index (χ3v) is 10.9. The Morgan fingerprint density at radius 2 is 1.80 bits per heavy atom. The van der Waals surface area contributed by atoms with E-state index in [2.05, 4.69) is 22.1 Å². The van der Waals surface area contributed by atoms with E-state index in [4.69, 9.17) is 28.3 Å². The fourth-order valence-corrected chi connectivity index (χ4v) is 7.56. The second kappa shape index (κ2) is 12.5. The average molecular weight is 657 g/mol. The van der Waals surface area contributed by atoms with Crippen molar-refractivity contribution in [2.24, 2.45) is 5.41 Å². The van der Waals surface area contributed by atoms with Crippen LogP contribution in [0.4, 0.5) is 0 Å². The summed E-state index contributed by atoms with van der Waals surface area (Å²) in [4.78, 5) is 14.6. The predicted octanol–water partition coefficient (Wildman–Crippen LogP) is 3.54. The molecule has 9 nitrogen and oxygen atoms in total. The van der Waals surface area contributed by atoms with Gasteiger partial charge in [-0.1, -0.05) is 41.1 Å². The number of nitrogens with one attached hydrogen (secondary N) is 1. The first-order valence-electron chi connectivity index (χ1n) is 14.8. The van der Waals surface area contributed by atoms with Crippen molar-refractivity contribution in [2.45, 2.75) is 44.9 Å². The maximum atomic E-state index is 12.5. The molecule has 232 valence electrons. The Kier molecular flexibility index (Phi) is 8.81. The van der Waals surface area contributed by atoms with E-state index < -0.39 is 16.1 Å². The monoisotopic (exact) mass is 655 g/mol. The number of carbonyl (C=O) groups is 1. The number of fused-ring (bicyclic) bond motifs is 1. The van der Waals surface area contributed by atoms with E-state index in [0.29, 0.717) is 40.8 Å². The van der Waals surface area contributed by atoms with E-state index in [1.54, 1.807) is 18.2 Å². The number of aliphatic hydroxyl groups is 1. The number of rotatable bonds is 6. The highest BCUT2D eigenvalue weighted by molar-refractivity contribution is 7.88. The Labute approximate surface area is 268 Å². The number of nitrogens with zero attached hydrogens (tertiary/aromatic N) is 4. The summed E-state index contributed by atoms with van der Waals surface area (Å²) in [5.41, 5.74) is 4.33. The van der Waals surface area contributed by atoms with E-state index in [0.717, 1.165) is 61.3 Å². The fourth-order valence-electron chi connectivity index (χ4n) is 6.49. The van der Waals surface area contributed by atoms with Gasteiger partial charge in [0.1, 0.15) is 0 Å². The van der Waals surface area contributed by atoms with Crippen molar-refractivity contribution >= 4 is 39.1 Å². The molecule has 4 heterocycles. The van der Waals surface area contributed by atoms with Crippen LogP contribution in [0, 0.1) is 17.3 Å². The fraction of sp³-hybridized carbons (Fsp3) is 0.438. The molecular formula is C32H35Cl2N5O4S. The van der Waals surface area contributed by atoms with Gasteiger partial charge in [0.15, 0.2) is 0 Å². The highest BCUT2D eigenvalue weighted by Gasteiger charge is 2.44. The van der Waals surface area contributed by atoms with E-state index >= 15 is 0 Å². The molecule has 3 aromatic rings. The number of aromatic nitrogens is 2. The van der Waals surface area contributed by atoms with E-state index in [9.17, 15) is 18.3 Å². The lowest BCUT2D eigenvalue weighted by molar-refractivity contribution is -0.130. The third-order valence-electron chi connectivity index (χ3n) is 9.03. The molecule has 1 aromatic heterocycles. The first-order valence-corrected chi connectivity index (χ1v) is 17.4.